The Kier molecular flexibility index (Phi) is 5.06. The molecule has 10 heteroatoms. The van der Waals surface area contributed by atoms with Crippen molar-refractivity contribution in [2.45, 2.75) is 19.4 Å². The van der Waals surface area contributed by atoms with E-state index >= 15 is 0 Å². The lowest BCUT2D eigenvalue weighted by Gasteiger charge is -2.14. The number of nitrogens with two attached hydrogens (primary N) is 2. The van der Waals surface area contributed by atoms with Crippen molar-refractivity contribution >= 4 is 40.2 Å². The molecular formula is C17H18N8O2. The van der Waals surface area contributed by atoms with Crippen LogP contribution in [0.3, 0.4) is 0 Å². The first-order chi connectivity index (χ1) is 13.0. The van der Waals surface area contributed by atoms with Gasteiger partial charge in [0.05, 0.1) is 5.52 Å². The third-order valence-corrected chi connectivity index (χ3v) is 3.84. The second-order valence-corrected chi connectivity index (χ2v) is 5.74. The van der Waals surface area contributed by atoms with E-state index in [1.165, 1.54) is 0 Å². The Labute approximate surface area is 154 Å². The zero-order valence-corrected chi connectivity index (χ0v) is 14.5. The van der Waals surface area contributed by atoms with Gasteiger partial charge in [0.25, 0.3) is 5.91 Å². The molecule has 1 atom stereocenters. The Morgan fingerprint density at radius 1 is 1.19 bits per heavy atom. The summed E-state index contributed by atoms with van der Waals surface area (Å²) in [6, 6.07) is 8.53. The predicted octanol–water partition coefficient (Wildman–Crippen LogP) is 0.938. The summed E-state index contributed by atoms with van der Waals surface area (Å²) in [5.74, 6) is -1.16. The summed E-state index contributed by atoms with van der Waals surface area (Å²) >= 11 is 0. The SMILES string of the molecule is CC[C@@H](Nc1nnc(C(N)=O)c(Nc2ccc3ncccc3c2)n1)C(N)=O. The number of anilines is 3. The summed E-state index contributed by atoms with van der Waals surface area (Å²) in [4.78, 5) is 31.5. The van der Waals surface area contributed by atoms with Gasteiger partial charge in [-0.1, -0.05) is 13.0 Å². The largest absolute Gasteiger partial charge is 0.368 e. The number of fused-ring (bicyclic) bond motifs is 1. The molecular weight excluding hydrogens is 348 g/mol. The summed E-state index contributed by atoms with van der Waals surface area (Å²) in [5.41, 5.74) is 12.0. The van der Waals surface area contributed by atoms with Crippen LogP contribution in [0.15, 0.2) is 36.5 Å². The number of hydrogen-bond acceptors (Lipinski definition) is 8. The molecule has 0 spiro atoms. The highest BCUT2D eigenvalue weighted by Crippen LogP contribution is 2.22. The lowest BCUT2D eigenvalue weighted by atomic mass is 10.2. The Morgan fingerprint density at radius 3 is 2.70 bits per heavy atom. The first-order valence-electron chi connectivity index (χ1n) is 8.20. The molecule has 0 saturated heterocycles. The molecule has 0 bridgehead atoms. The van der Waals surface area contributed by atoms with Gasteiger partial charge in [-0.3, -0.25) is 14.6 Å². The average Bonchev–Trinajstić information content (AvgIpc) is 2.65. The average molecular weight is 366 g/mol. The van der Waals surface area contributed by atoms with Crippen LogP contribution in [0.4, 0.5) is 17.5 Å². The van der Waals surface area contributed by atoms with E-state index in [0.717, 1.165) is 10.9 Å². The van der Waals surface area contributed by atoms with Gasteiger partial charge in [0.15, 0.2) is 11.5 Å². The van der Waals surface area contributed by atoms with Crippen LogP contribution in [0.2, 0.25) is 0 Å². The molecule has 138 valence electrons. The van der Waals surface area contributed by atoms with Gasteiger partial charge < -0.3 is 22.1 Å². The van der Waals surface area contributed by atoms with Gasteiger partial charge in [-0.2, -0.15) is 4.98 Å². The van der Waals surface area contributed by atoms with Crippen LogP contribution >= 0.6 is 0 Å². The molecule has 2 heterocycles. The lowest BCUT2D eigenvalue weighted by molar-refractivity contribution is -0.118. The minimum atomic E-state index is -0.784. The van der Waals surface area contributed by atoms with E-state index < -0.39 is 17.9 Å². The van der Waals surface area contributed by atoms with Crippen molar-refractivity contribution in [3.8, 4) is 0 Å². The Balaban J connectivity index is 1.94. The van der Waals surface area contributed by atoms with E-state index in [9.17, 15) is 9.59 Å². The molecule has 0 radical (unpaired) electrons. The Morgan fingerprint density at radius 2 is 2.00 bits per heavy atom. The van der Waals surface area contributed by atoms with Crippen LogP contribution in [0.25, 0.3) is 10.9 Å². The summed E-state index contributed by atoms with van der Waals surface area (Å²) in [7, 11) is 0. The summed E-state index contributed by atoms with van der Waals surface area (Å²) < 4.78 is 0. The highest BCUT2D eigenvalue weighted by atomic mass is 16.1. The number of nitrogens with zero attached hydrogens (tertiary/aromatic N) is 4. The Bertz CT molecular complexity index is 1010. The molecule has 0 fully saturated rings. The van der Waals surface area contributed by atoms with Gasteiger partial charge in [0.1, 0.15) is 6.04 Å². The lowest BCUT2D eigenvalue weighted by Crippen LogP contribution is -2.35. The maximum absolute atomic E-state index is 11.7. The monoisotopic (exact) mass is 366 g/mol. The molecule has 1 aromatic carbocycles. The van der Waals surface area contributed by atoms with E-state index in [1.807, 2.05) is 24.3 Å². The van der Waals surface area contributed by atoms with Gasteiger partial charge >= 0.3 is 0 Å². The highest BCUT2D eigenvalue weighted by molar-refractivity contribution is 5.96. The highest BCUT2D eigenvalue weighted by Gasteiger charge is 2.18. The molecule has 0 aliphatic carbocycles. The fraction of sp³-hybridized carbons (Fsp3) is 0.176. The molecule has 6 N–H and O–H groups in total. The van der Waals surface area contributed by atoms with Crippen LogP contribution in [0.5, 0.6) is 0 Å². The molecule has 0 aliphatic heterocycles. The first-order valence-corrected chi connectivity index (χ1v) is 8.20. The van der Waals surface area contributed by atoms with Gasteiger partial charge in [-0.15, -0.1) is 10.2 Å². The summed E-state index contributed by atoms with van der Waals surface area (Å²) in [6.07, 6.45) is 2.15. The zero-order chi connectivity index (χ0) is 19.4. The molecule has 0 unspecified atom stereocenters. The first kappa shape index (κ1) is 18.0. The summed E-state index contributed by atoms with van der Waals surface area (Å²) in [6.45, 7) is 1.79. The van der Waals surface area contributed by atoms with Crippen molar-refractivity contribution in [1.82, 2.24) is 20.2 Å². The van der Waals surface area contributed by atoms with Crippen LogP contribution in [0.1, 0.15) is 23.8 Å². The number of pyridine rings is 1. The van der Waals surface area contributed by atoms with Crippen LogP contribution in [-0.2, 0) is 4.79 Å². The predicted molar refractivity (Wildman–Crippen MR) is 100 cm³/mol. The van der Waals surface area contributed by atoms with E-state index in [-0.39, 0.29) is 17.5 Å². The molecule has 2 amide bonds. The van der Waals surface area contributed by atoms with Crippen molar-refractivity contribution in [3.63, 3.8) is 0 Å². The number of nitrogens with one attached hydrogen (secondary N) is 2. The van der Waals surface area contributed by atoms with Crippen LogP contribution in [0, 0.1) is 0 Å². The molecule has 0 saturated carbocycles. The molecule has 0 aliphatic rings. The number of amides is 2. The topological polar surface area (TPSA) is 162 Å². The van der Waals surface area contributed by atoms with Crippen molar-refractivity contribution in [1.29, 1.82) is 0 Å². The van der Waals surface area contributed by atoms with Crippen LogP contribution in [-0.4, -0.2) is 38.0 Å². The Hall–Kier alpha value is -3.82. The van der Waals surface area contributed by atoms with Gasteiger partial charge in [-0.05, 0) is 30.7 Å². The second-order valence-electron chi connectivity index (χ2n) is 5.74. The minimum Gasteiger partial charge on any atom is -0.368 e. The van der Waals surface area contributed by atoms with Crippen LogP contribution < -0.4 is 22.1 Å². The third-order valence-electron chi connectivity index (χ3n) is 3.84. The molecule has 3 aromatic rings. The molecule has 10 nitrogen and oxygen atoms in total. The fourth-order valence-electron chi connectivity index (χ4n) is 2.46. The number of primary amides is 2. The fourth-order valence-corrected chi connectivity index (χ4v) is 2.46. The molecule has 3 rings (SSSR count). The number of carbonyl (C=O) groups excluding carboxylic acids is 2. The van der Waals surface area contributed by atoms with Gasteiger partial charge in [-0.25, -0.2) is 0 Å². The molecule has 27 heavy (non-hydrogen) atoms. The summed E-state index contributed by atoms with van der Waals surface area (Å²) in [5, 5.41) is 14.3. The standard InChI is InChI=1S/C17H18N8O2/c1-2-11(14(18)26)22-17-23-16(13(15(19)27)24-25-17)21-10-5-6-12-9(8-10)4-3-7-20-12/h3-8,11H,2H2,1H3,(H2,18,26)(H2,19,27)(H2,21,22,23,25)/t11-/m1/s1. The van der Waals surface area contributed by atoms with Crippen molar-refractivity contribution in [2.75, 3.05) is 10.6 Å². The smallest absolute Gasteiger partial charge is 0.273 e. The van der Waals surface area contributed by atoms with E-state index in [4.69, 9.17) is 11.5 Å². The number of benzene rings is 1. The zero-order valence-electron chi connectivity index (χ0n) is 14.5. The van der Waals surface area contributed by atoms with Gasteiger partial charge in [0.2, 0.25) is 11.9 Å². The van der Waals surface area contributed by atoms with Crippen molar-refractivity contribution in [3.05, 3.63) is 42.2 Å². The van der Waals surface area contributed by atoms with E-state index in [2.05, 4.69) is 30.8 Å². The normalized spacial score (nSPS) is 11.7. The maximum atomic E-state index is 11.7. The number of carbonyl (C=O) groups is 2. The minimum absolute atomic E-state index is 0.0515. The second kappa shape index (κ2) is 7.60. The van der Waals surface area contributed by atoms with Crippen molar-refractivity contribution in [2.24, 2.45) is 11.5 Å². The molecule has 2 aromatic heterocycles. The number of aromatic nitrogens is 4. The third kappa shape index (κ3) is 4.06. The number of hydrogen-bond donors (Lipinski definition) is 4. The van der Waals surface area contributed by atoms with E-state index in [1.54, 1.807) is 19.2 Å². The number of rotatable bonds is 7. The maximum Gasteiger partial charge on any atom is 0.273 e. The van der Waals surface area contributed by atoms with Crippen molar-refractivity contribution < 1.29 is 9.59 Å². The quantitative estimate of drug-likeness (QED) is 0.480. The van der Waals surface area contributed by atoms with E-state index in [0.29, 0.717) is 12.1 Å². The van der Waals surface area contributed by atoms with Gasteiger partial charge in [0, 0.05) is 17.3 Å².